The molecule has 2 rings (SSSR count). The van der Waals surface area contributed by atoms with Gasteiger partial charge in [-0.3, -0.25) is 10.1 Å². The van der Waals surface area contributed by atoms with Gasteiger partial charge in [0.1, 0.15) is 0 Å². The maximum absolute atomic E-state index is 13.0. The molecule has 1 aromatic heterocycles. The highest BCUT2D eigenvalue weighted by Gasteiger charge is 2.22. The Kier molecular flexibility index (Phi) is 2.68. The Hall–Kier alpha value is -2.16. The van der Waals surface area contributed by atoms with Crippen molar-refractivity contribution in [3.8, 4) is 10.6 Å². The lowest BCUT2D eigenvalue weighted by Gasteiger charge is -1.99. The number of hydrogen-bond acceptors (Lipinski definition) is 6. The zero-order valence-electron chi connectivity index (χ0n) is 8.05. The first-order valence-electron chi connectivity index (χ1n) is 4.22. The van der Waals surface area contributed by atoms with E-state index in [0.29, 0.717) is 12.1 Å². The van der Waals surface area contributed by atoms with Gasteiger partial charge in [-0.15, -0.1) is 10.2 Å². The number of nitro groups is 1. The first-order chi connectivity index (χ1) is 7.99. The highest BCUT2D eigenvalue weighted by atomic mass is 32.1. The fraction of sp³-hybridized carbons (Fsp3) is 0. The van der Waals surface area contributed by atoms with Gasteiger partial charge in [-0.1, -0.05) is 11.3 Å². The van der Waals surface area contributed by atoms with E-state index in [-0.39, 0.29) is 15.7 Å². The van der Waals surface area contributed by atoms with E-state index in [1.165, 1.54) is 0 Å². The summed E-state index contributed by atoms with van der Waals surface area (Å²) in [6.45, 7) is 0. The van der Waals surface area contributed by atoms with Gasteiger partial charge in [-0.05, 0) is 6.07 Å². The van der Waals surface area contributed by atoms with Crippen molar-refractivity contribution in [3.05, 3.63) is 33.9 Å². The van der Waals surface area contributed by atoms with Gasteiger partial charge < -0.3 is 5.73 Å². The fourth-order valence-electron chi connectivity index (χ4n) is 1.20. The topological polar surface area (TPSA) is 94.9 Å². The first kappa shape index (κ1) is 11.3. The molecule has 1 heterocycles. The number of nitro benzene ring substituents is 1. The summed E-state index contributed by atoms with van der Waals surface area (Å²) >= 11 is 0.849. The average molecular weight is 258 g/mol. The highest BCUT2D eigenvalue weighted by Crippen LogP contribution is 2.34. The van der Waals surface area contributed by atoms with E-state index in [2.05, 4.69) is 10.2 Å². The molecule has 0 unspecified atom stereocenters. The van der Waals surface area contributed by atoms with Crippen molar-refractivity contribution in [2.45, 2.75) is 0 Å². The first-order valence-corrected chi connectivity index (χ1v) is 5.03. The van der Waals surface area contributed by atoms with Crippen LogP contribution in [0.4, 0.5) is 19.6 Å². The van der Waals surface area contributed by atoms with Crippen molar-refractivity contribution in [1.29, 1.82) is 0 Å². The van der Waals surface area contributed by atoms with Crippen molar-refractivity contribution >= 4 is 22.2 Å². The summed E-state index contributed by atoms with van der Waals surface area (Å²) in [7, 11) is 0. The third kappa shape index (κ3) is 2.04. The highest BCUT2D eigenvalue weighted by molar-refractivity contribution is 7.18. The molecule has 0 atom stereocenters. The smallest absolute Gasteiger partial charge is 0.282 e. The van der Waals surface area contributed by atoms with E-state index < -0.39 is 22.2 Å². The van der Waals surface area contributed by atoms with Crippen LogP contribution in [0.2, 0.25) is 0 Å². The van der Waals surface area contributed by atoms with Gasteiger partial charge in [0, 0.05) is 0 Å². The number of nitrogen functional groups attached to an aromatic ring is 1. The van der Waals surface area contributed by atoms with Crippen molar-refractivity contribution in [2.24, 2.45) is 0 Å². The lowest BCUT2D eigenvalue weighted by atomic mass is 10.2. The van der Waals surface area contributed by atoms with Crippen LogP contribution in [0.25, 0.3) is 10.6 Å². The molecule has 9 heteroatoms. The van der Waals surface area contributed by atoms with Crippen LogP contribution >= 0.6 is 11.3 Å². The molecule has 0 aliphatic rings. The van der Waals surface area contributed by atoms with E-state index >= 15 is 0 Å². The van der Waals surface area contributed by atoms with Gasteiger partial charge in [0.25, 0.3) is 5.69 Å². The predicted octanol–water partition coefficient (Wildman–Crippen LogP) is 1.97. The lowest BCUT2D eigenvalue weighted by molar-refractivity contribution is -0.384. The summed E-state index contributed by atoms with van der Waals surface area (Å²) in [6, 6.07) is 1.20. The Morgan fingerprint density at radius 2 is 1.94 bits per heavy atom. The second kappa shape index (κ2) is 4.01. The number of nitrogens with zero attached hydrogens (tertiary/aromatic N) is 3. The number of nitrogens with two attached hydrogens (primary N) is 1. The Bertz CT molecular complexity index is 601. The standard InChI is InChI=1S/C8H4F2N4O2S/c9-4-1-3(7-12-13-8(11)17-7)6(14(15)16)2-5(4)10/h1-2H,(H2,11,13). The molecule has 6 nitrogen and oxygen atoms in total. The largest absolute Gasteiger partial charge is 0.374 e. The van der Waals surface area contributed by atoms with Gasteiger partial charge in [-0.2, -0.15) is 0 Å². The number of anilines is 1. The van der Waals surface area contributed by atoms with Crippen LogP contribution in [0.3, 0.4) is 0 Å². The Morgan fingerprint density at radius 3 is 2.47 bits per heavy atom. The minimum Gasteiger partial charge on any atom is -0.374 e. The second-order valence-corrected chi connectivity index (χ2v) is 4.00. The third-order valence-corrected chi connectivity index (χ3v) is 2.69. The summed E-state index contributed by atoms with van der Waals surface area (Å²) in [5.74, 6) is -2.49. The van der Waals surface area contributed by atoms with E-state index in [1.807, 2.05) is 0 Å². The normalized spacial score (nSPS) is 10.5. The molecule has 88 valence electrons. The average Bonchev–Trinajstić information content (AvgIpc) is 2.68. The van der Waals surface area contributed by atoms with E-state index in [9.17, 15) is 18.9 Å². The molecule has 0 saturated heterocycles. The van der Waals surface area contributed by atoms with Gasteiger partial charge >= 0.3 is 0 Å². The van der Waals surface area contributed by atoms with Crippen LogP contribution in [0.15, 0.2) is 12.1 Å². The zero-order valence-corrected chi connectivity index (χ0v) is 8.87. The third-order valence-electron chi connectivity index (χ3n) is 1.91. The van der Waals surface area contributed by atoms with Crippen LogP contribution in [0.1, 0.15) is 0 Å². The maximum atomic E-state index is 13.0. The Morgan fingerprint density at radius 1 is 1.29 bits per heavy atom. The molecule has 0 fully saturated rings. The number of aromatic nitrogens is 2. The number of hydrogen-bond donors (Lipinski definition) is 1. The van der Waals surface area contributed by atoms with Crippen LogP contribution in [0.5, 0.6) is 0 Å². The molecule has 0 amide bonds. The molecule has 1 aromatic carbocycles. The summed E-state index contributed by atoms with van der Waals surface area (Å²) in [5, 5.41) is 17.9. The van der Waals surface area contributed by atoms with Gasteiger partial charge in [0.05, 0.1) is 16.6 Å². The van der Waals surface area contributed by atoms with Crippen molar-refractivity contribution in [1.82, 2.24) is 10.2 Å². The van der Waals surface area contributed by atoms with Crippen molar-refractivity contribution in [3.63, 3.8) is 0 Å². The quantitative estimate of drug-likeness (QED) is 0.656. The minimum absolute atomic E-state index is 0.0631. The van der Waals surface area contributed by atoms with Crippen molar-refractivity contribution < 1.29 is 13.7 Å². The van der Waals surface area contributed by atoms with Gasteiger partial charge in [0.15, 0.2) is 16.6 Å². The number of rotatable bonds is 2. The lowest BCUT2D eigenvalue weighted by Crippen LogP contribution is -1.95. The summed E-state index contributed by atoms with van der Waals surface area (Å²) < 4.78 is 25.9. The van der Waals surface area contributed by atoms with E-state index in [1.54, 1.807) is 0 Å². The van der Waals surface area contributed by atoms with Crippen LogP contribution in [-0.4, -0.2) is 15.1 Å². The molecule has 0 bridgehead atoms. The number of halogens is 2. The monoisotopic (exact) mass is 258 g/mol. The zero-order chi connectivity index (χ0) is 12.6. The molecule has 0 aliphatic heterocycles. The van der Waals surface area contributed by atoms with E-state index in [0.717, 1.165) is 11.3 Å². The summed E-state index contributed by atoms with van der Waals surface area (Å²) in [4.78, 5) is 9.88. The molecule has 0 spiro atoms. The molecule has 0 aliphatic carbocycles. The molecular formula is C8H4F2N4O2S. The minimum atomic E-state index is -1.29. The molecular weight excluding hydrogens is 254 g/mol. The molecule has 17 heavy (non-hydrogen) atoms. The molecule has 0 radical (unpaired) electrons. The molecule has 0 saturated carbocycles. The Labute approximate surface area is 96.9 Å². The van der Waals surface area contributed by atoms with Gasteiger partial charge in [-0.25, -0.2) is 8.78 Å². The van der Waals surface area contributed by atoms with Crippen LogP contribution in [-0.2, 0) is 0 Å². The Balaban J connectivity index is 2.67. The van der Waals surface area contributed by atoms with Crippen LogP contribution < -0.4 is 5.73 Å². The van der Waals surface area contributed by atoms with Crippen molar-refractivity contribution in [2.75, 3.05) is 5.73 Å². The number of benzene rings is 1. The summed E-state index contributed by atoms with van der Waals surface area (Å²) in [6.07, 6.45) is 0. The maximum Gasteiger partial charge on any atom is 0.282 e. The second-order valence-electron chi connectivity index (χ2n) is 2.99. The SMILES string of the molecule is Nc1nnc(-c2cc(F)c(F)cc2[N+](=O)[O-])s1. The fourth-order valence-corrected chi connectivity index (χ4v) is 1.84. The van der Waals surface area contributed by atoms with Gasteiger partial charge in [0.2, 0.25) is 5.13 Å². The molecule has 2 aromatic rings. The predicted molar refractivity (Wildman–Crippen MR) is 56.3 cm³/mol. The van der Waals surface area contributed by atoms with Crippen LogP contribution in [0, 0.1) is 21.7 Å². The molecule has 2 N–H and O–H groups in total. The van der Waals surface area contributed by atoms with E-state index in [4.69, 9.17) is 5.73 Å². The summed E-state index contributed by atoms with van der Waals surface area (Å²) in [5.41, 5.74) is 4.58.